The molecule has 1 aliphatic heterocycles. The van der Waals surface area contributed by atoms with Gasteiger partial charge in [0.25, 0.3) is 0 Å². The number of hydrogen-bond donors (Lipinski definition) is 1. The largest absolute Gasteiger partial charge is 0.476 e. The van der Waals surface area contributed by atoms with Crippen molar-refractivity contribution in [3.63, 3.8) is 0 Å². The molecule has 0 saturated carbocycles. The number of ether oxygens (including phenoxy) is 1. The van der Waals surface area contributed by atoms with Gasteiger partial charge in [0, 0.05) is 13.1 Å². The first kappa shape index (κ1) is 15.2. The quantitative estimate of drug-likeness (QED) is 0.818. The van der Waals surface area contributed by atoms with Crippen molar-refractivity contribution in [1.29, 1.82) is 0 Å². The summed E-state index contributed by atoms with van der Waals surface area (Å²) in [7, 11) is 0. The van der Waals surface area contributed by atoms with Gasteiger partial charge in [-0.25, -0.2) is 9.48 Å². The molecular formula is C10H11F3N4O4. The van der Waals surface area contributed by atoms with Gasteiger partial charge < -0.3 is 14.7 Å². The Hall–Kier alpha value is -2.17. The summed E-state index contributed by atoms with van der Waals surface area (Å²) >= 11 is 0. The van der Waals surface area contributed by atoms with Crippen LogP contribution < -0.4 is 0 Å². The number of carbonyl (C=O) groups excluding carboxylic acids is 1. The third-order valence-corrected chi connectivity index (χ3v) is 2.81. The molecule has 116 valence electrons. The number of hydrogen-bond acceptors (Lipinski definition) is 5. The molecule has 11 heteroatoms. The Morgan fingerprint density at radius 3 is 2.62 bits per heavy atom. The average Bonchev–Trinajstić information content (AvgIpc) is 2.74. The van der Waals surface area contributed by atoms with E-state index in [4.69, 9.17) is 5.11 Å². The van der Waals surface area contributed by atoms with Crippen molar-refractivity contribution in [2.24, 2.45) is 0 Å². The number of rotatable bonds is 5. The molecule has 2 heterocycles. The second-order valence-electron chi connectivity index (χ2n) is 4.45. The van der Waals surface area contributed by atoms with E-state index in [2.05, 4.69) is 15.0 Å². The van der Waals surface area contributed by atoms with Crippen LogP contribution in [0.1, 0.15) is 16.5 Å². The number of aromatic nitrogens is 3. The summed E-state index contributed by atoms with van der Waals surface area (Å²) in [6, 6.07) is -0.239. The zero-order chi connectivity index (χ0) is 15.6. The minimum absolute atomic E-state index is 0.215. The zero-order valence-corrected chi connectivity index (χ0v) is 10.6. The Morgan fingerprint density at radius 2 is 2.10 bits per heavy atom. The summed E-state index contributed by atoms with van der Waals surface area (Å²) in [4.78, 5) is 23.4. The van der Waals surface area contributed by atoms with Gasteiger partial charge in [-0.2, -0.15) is 13.2 Å². The second kappa shape index (κ2) is 5.68. The highest BCUT2D eigenvalue weighted by atomic mass is 19.4. The molecule has 2 rings (SSSR count). The van der Waals surface area contributed by atoms with Gasteiger partial charge in [0.2, 0.25) is 5.91 Å². The maximum atomic E-state index is 11.8. The molecule has 1 aromatic rings. The van der Waals surface area contributed by atoms with Gasteiger partial charge in [-0.05, 0) is 0 Å². The Labute approximate surface area is 116 Å². The summed E-state index contributed by atoms with van der Waals surface area (Å²) in [5.41, 5.74) is -0.215. The van der Waals surface area contributed by atoms with E-state index in [0.717, 1.165) is 0 Å². The van der Waals surface area contributed by atoms with E-state index >= 15 is 0 Å². The summed E-state index contributed by atoms with van der Waals surface area (Å²) < 4.78 is 41.1. The smallest absolute Gasteiger partial charge is 0.411 e. The number of amides is 1. The molecule has 0 unspecified atom stereocenters. The number of carboxylic acid groups (broad SMARTS) is 1. The third kappa shape index (κ3) is 3.90. The van der Waals surface area contributed by atoms with Gasteiger partial charge in [0.15, 0.2) is 5.69 Å². The summed E-state index contributed by atoms with van der Waals surface area (Å²) in [6.45, 7) is -1.68. The number of carbonyl (C=O) groups is 2. The minimum Gasteiger partial charge on any atom is -0.476 e. The number of alkyl halides is 3. The van der Waals surface area contributed by atoms with Gasteiger partial charge >= 0.3 is 12.1 Å². The van der Waals surface area contributed by atoms with Crippen LogP contribution in [0.2, 0.25) is 0 Å². The minimum atomic E-state index is -4.47. The molecule has 0 bridgehead atoms. The standard InChI is InChI=1S/C10H11F3N4O4/c11-10(12,13)5-21-4-8(18)16-1-6(2-16)17-3-7(9(19)20)14-15-17/h3,6H,1-2,4-5H2,(H,19,20). The van der Waals surface area contributed by atoms with Crippen molar-refractivity contribution >= 4 is 11.9 Å². The van der Waals surface area contributed by atoms with E-state index in [0.29, 0.717) is 0 Å². The highest BCUT2D eigenvalue weighted by Crippen LogP contribution is 2.21. The normalized spacial score (nSPS) is 15.9. The predicted octanol–water partition coefficient (Wildman–Crippen LogP) is -0.0615. The van der Waals surface area contributed by atoms with E-state index in [1.54, 1.807) is 0 Å². The maximum absolute atomic E-state index is 11.8. The lowest BCUT2D eigenvalue weighted by Crippen LogP contribution is -2.52. The van der Waals surface area contributed by atoms with Crippen LogP contribution in [0.4, 0.5) is 13.2 Å². The Morgan fingerprint density at radius 1 is 1.43 bits per heavy atom. The monoisotopic (exact) mass is 308 g/mol. The third-order valence-electron chi connectivity index (χ3n) is 2.81. The van der Waals surface area contributed by atoms with Crippen molar-refractivity contribution in [3.05, 3.63) is 11.9 Å². The highest BCUT2D eigenvalue weighted by molar-refractivity contribution is 5.84. The lowest BCUT2D eigenvalue weighted by atomic mass is 10.1. The Bertz CT molecular complexity index is 539. The van der Waals surface area contributed by atoms with Crippen molar-refractivity contribution in [2.75, 3.05) is 26.3 Å². The lowest BCUT2D eigenvalue weighted by Gasteiger charge is -2.38. The van der Waals surface area contributed by atoms with E-state index in [-0.39, 0.29) is 24.8 Å². The van der Waals surface area contributed by atoms with Gasteiger partial charge in [-0.15, -0.1) is 5.10 Å². The molecule has 1 N–H and O–H groups in total. The Balaban J connectivity index is 1.75. The SMILES string of the molecule is O=C(O)c1cn(C2CN(C(=O)COCC(F)(F)F)C2)nn1. The van der Waals surface area contributed by atoms with Gasteiger partial charge in [0.1, 0.15) is 13.2 Å². The van der Waals surface area contributed by atoms with Crippen molar-refractivity contribution in [3.8, 4) is 0 Å². The highest BCUT2D eigenvalue weighted by Gasteiger charge is 2.34. The van der Waals surface area contributed by atoms with Crippen LogP contribution in [0.25, 0.3) is 0 Å². The summed E-state index contributed by atoms with van der Waals surface area (Å²) in [6.07, 6.45) is -3.24. The van der Waals surface area contributed by atoms with Crippen molar-refractivity contribution < 1.29 is 32.6 Å². The molecular weight excluding hydrogens is 297 g/mol. The van der Waals surface area contributed by atoms with Gasteiger partial charge in [0.05, 0.1) is 12.2 Å². The van der Waals surface area contributed by atoms with E-state index < -0.39 is 31.3 Å². The molecule has 21 heavy (non-hydrogen) atoms. The molecule has 1 saturated heterocycles. The van der Waals surface area contributed by atoms with Crippen molar-refractivity contribution in [1.82, 2.24) is 19.9 Å². The van der Waals surface area contributed by atoms with E-state index in [9.17, 15) is 22.8 Å². The van der Waals surface area contributed by atoms with E-state index in [1.165, 1.54) is 15.8 Å². The molecule has 0 aromatic carbocycles. The molecule has 0 aliphatic carbocycles. The predicted molar refractivity (Wildman–Crippen MR) is 59.5 cm³/mol. The number of likely N-dealkylation sites (tertiary alicyclic amines) is 1. The molecule has 1 amide bonds. The van der Waals surface area contributed by atoms with Crippen LogP contribution in [0.3, 0.4) is 0 Å². The lowest BCUT2D eigenvalue weighted by molar-refractivity contribution is -0.179. The van der Waals surface area contributed by atoms with Crippen LogP contribution in [-0.4, -0.2) is 69.4 Å². The number of halogens is 3. The second-order valence-corrected chi connectivity index (χ2v) is 4.45. The summed E-state index contributed by atoms with van der Waals surface area (Å²) in [5.74, 6) is -1.77. The van der Waals surface area contributed by atoms with Crippen molar-refractivity contribution in [2.45, 2.75) is 12.2 Å². The van der Waals surface area contributed by atoms with Crippen LogP contribution in [-0.2, 0) is 9.53 Å². The first-order chi connectivity index (χ1) is 9.76. The van der Waals surface area contributed by atoms with E-state index in [1.807, 2.05) is 0 Å². The summed E-state index contributed by atoms with van der Waals surface area (Å²) in [5, 5.41) is 15.7. The molecule has 0 atom stereocenters. The molecule has 0 spiro atoms. The Kier molecular flexibility index (Phi) is 4.11. The molecule has 0 radical (unpaired) electrons. The number of nitrogens with zero attached hydrogens (tertiary/aromatic N) is 4. The topological polar surface area (TPSA) is 97.5 Å². The first-order valence-electron chi connectivity index (χ1n) is 5.83. The van der Waals surface area contributed by atoms with Crippen LogP contribution in [0.5, 0.6) is 0 Å². The number of carboxylic acids is 1. The van der Waals surface area contributed by atoms with Crippen LogP contribution in [0.15, 0.2) is 6.20 Å². The average molecular weight is 308 g/mol. The molecule has 1 fully saturated rings. The van der Waals surface area contributed by atoms with Gasteiger partial charge in [-0.1, -0.05) is 5.21 Å². The fourth-order valence-electron chi connectivity index (χ4n) is 1.72. The van der Waals surface area contributed by atoms with Crippen LogP contribution >= 0.6 is 0 Å². The fourth-order valence-corrected chi connectivity index (χ4v) is 1.72. The van der Waals surface area contributed by atoms with Gasteiger partial charge in [-0.3, -0.25) is 4.79 Å². The molecule has 1 aromatic heterocycles. The van der Waals surface area contributed by atoms with Crippen LogP contribution in [0, 0.1) is 0 Å². The maximum Gasteiger partial charge on any atom is 0.411 e. The first-order valence-corrected chi connectivity index (χ1v) is 5.83. The zero-order valence-electron chi connectivity index (χ0n) is 10.6. The number of aromatic carboxylic acids is 1. The fraction of sp³-hybridized carbons (Fsp3) is 0.600. The molecule has 8 nitrogen and oxygen atoms in total. The molecule has 1 aliphatic rings.